The monoisotopic (exact) mass is 410 g/mol. The van der Waals surface area contributed by atoms with Gasteiger partial charge in [0.05, 0.1) is 13.2 Å². The molecule has 6 heteroatoms. The lowest BCUT2D eigenvalue weighted by Gasteiger charge is -2.26. The lowest BCUT2D eigenvalue weighted by atomic mass is 10.3. The molecule has 0 aromatic heterocycles. The van der Waals surface area contributed by atoms with Gasteiger partial charge in [-0.2, -0.15) is 0 Å². The van der Waals surface area contributed by atoms with E-state index in [2.05, 4.69) is 34.4 Å². The predicted octanol–water partition coefficient (Wildman–Crippen LogP) is 1.68. The Hall–Kier alpha value is -0.0800. The first kappa shape index (κ1) is 19.0. The van der Waals surface area contributed by atoms with E-state index < -0.39 is 0 Å². The highest BCUT2D eigenvalue weighted by molar-refractivity contribution is 14.0. The Morgan fingerprint density at radius 3 is 2.62 bits per heavy atom. The molecule has 2 fully saturated rings. The van der Waals surface area contributed by atoms with E-state index in [0.717, 1.165) is 57.7 Å². The Morgan fingerprint density at radius 1 is 1.29 bits per heavy atom. The van der Waals surface area contributed by atoms with Crippen molar-refractivity contribution in [3.63, 3.8) is 0 Å². The first-order valence-corrected chi connectivity index (χ1v) is 8.14. The lowest BCUT2D eigenvalue weighted by molar-refractivity contribution is 0.0373. The first-order chi connectivity index (χ1) is 9.79. The van der Waals surface area contributed by atoms with Crippen LogP contribution in [-0.2, 0) is 4.74 Å². The molecular formula is C15H31IN4O. The highest BCUT2D eigenvalue weighted by Crippen LogP contribution is 2.28. The zero-order chi connectivity index (χ0) is 14.2. The third-order valence-electron chi connectivity index (χ3n) is 4.03. The minimum Gasteiger partial charge on any atom is -0.379 e. The molecule has 1 aliphatic carbocycles. The van der Waals surface area contributed by atoms with Crippen LogP contribution in [0.15, 0.2) is 4.99 Å². The van der Waals surface area contributed by atoms with Gasteiger partial charge in [0.2, 0.25) is 0 Å². The molecule has 21 heavy (non-hydrogen) atoms. The molecule has 0 bridgehead atoms. The number of nitrogens with zero attached hydrogens (tertiary/aromatic N) is 2. The molecule has 0 aromatic carbocycles. The van der Waals surface area contributed by atoms with Crippen LogP contribution in [0.3, 0.4) is 0 Å². The summed E-state index contributed by atoms with van der Waals surface area (Å²) in [6, 6.07) is 0.640. The maximum absolute atomic E-state index is 5.36. The molecule has 2 aliphatic rings. The molecule has 2 rings (SSSR count). The number of halogens is 1. The summed E-state index contributed by atoms with van der Waals surface area (Å²) in [4.78, 5) is 7.15. The second kappa shape index (κ2) is 10.6. The molecule has 1 saturated carbocycles. The number of hydrogen-bond donors (Lipinski definition) is 2. The number of aliphatic imine (C=N–C) groups is 1. The van der Waals surface area contributed by atoms with Crippen molar-refractivity contribution < 1.29 is 4.74 Å². The van der Waals surface area contributed by atoms with Crippen LogP contribution in [0.4, 0.5) is 0 Å². The molecule has 0 amide bonds. The SMILES string of the molecule is CCNC(=NCCCCN1CCOCC1)NC1CC1C.I. The number of rotatable bonds is 7. The fraction of sp³-hybridized carbons (Fsp3) is 0.933. The van der Waals surface area contributed by atoms with Gasteiger partial charge in [0, 0.05) is 32.2 Å². The number of unbranched alkanes of at least 4 members (excludes halogenated alkanes) is 1. The Kier molecular flexibility index (Phi) is 9.59. The van der Waals surface area contributed by atoms with Gasteiger partial charge >= 0.3 is 0 Å². The smallest absolute Gasteiger partial charge is 0.191 e. The van der Waals surface area contributed by atoms with E-state index in [0.29, 0.717) is 6.04 Å². The van der Waals surface area contributed by atoms with Crippen molar-refractivity contribution in [1.29, 1.82) is 0 Å². The number of nitrogens with one attached hydrogen (secondary N) is 2. The van der Waals surface area contributed by atoms with Crippen LogP contribution in [0.2, 0.25) is 0 Å². The van der Waals surface area contributed by atoms with E-state index >= 15 is 0 Å². The highest BCUT2D eigenvalue weighted by Gasteiger charge is 2.33. The van der Waals surface area contributed by atoms with E-state index in [4.69, 9.17) is 4.74 Å². The van der Waals surface area contributed by atoms with Crippen LogP contribution in [0.25, 0.3) is 0 Å². The van der Waals surface area contributed by atoms with E-state index in [-0.39, 0.29) is 24.0 Å². The van der Waals surface area contributed by atoms with Gasteiger partial charge in [0.1, 0.15) is 0 Å². The summed E-state index contributed by atoms with van der Waals surface area (Å²) in [6.07, 6.45) is 3.67. The molecule has 2 N–H and O–H groups in total. The van der Waals surface area contributed by atoms with Crippen LogP contribution in [0.1, 0.15) is 33.1 Å². The van der Waals surface area contributed by atoms with Gasteiger partial charge in [-0.05, 0) is 38.6 Å². The molecule has 2 atom stereocenters. The standard InChI is InChI=1S/C15H30N4O.HI/c1-3-16-15(18-14-12-13(14)2)17-6-4-5-7-19-8-10-20-11-9-19;/h13-14H,3-12H2,1-2H3,(H2,16,17,18);1H. The summed E-state index contributed by atoms with van der Waals surface area (Å²) >= 11 is 0. The topological polar surface area (TPSA) is 48.9 Å². The zero-order valence-corrected chi connectivity index (χ0v) is 15.8. The summed E-state index contributed by atoms with van der Waals surface area (Å²) in [6.45, 7) is 11.4. The second-order valence-electron chi connectivity index (χ2n) is 5.89. The first-order valence-electron chi connectivity index (χ1n) is 8.14. The maximum atomic E-state index is 5.36. The molecule has 0 spiro atoms. The van der Waals surface area contributed by atoms with Gasteiger partial charge < -0.3 is 15.4 Å². The molecule has 1 saturated heterocycles. The number of guanidine groups is 1. The van der Waals surface area contributed by atoms with Crippen LogP contribution >= 0.6 is 24.0 Å². The predicted molar refractivity (Wildman–Crippen MR) is 98.6 cm³/mol. The number of hydrogen-bond acceptors (Lipinski definition) is 3. The van der Waals surface area contributed by atoms with Gasteiger partial charge in [-0.3, -0.25) is 9.89 Å². The molecule has 1 heterocycles. The van der Waals surface area contributed by atoms with Crippen molar-refractivity contribution in [2.75, 3.05) is 45.9 Å². The Balaban J connectivity index is 0.00000220. The highest BCUT2D eigenvalue weighted by atomic mass is 127. The zero-order valence-electron chi connectivity index (χ0n) is 13.4. The Labute approximate surface area is 146 Å². The van der Waals surface area contributed by atoms with Gasteiger partial charge in [-0.15, -0.1) is 24.0 Å². The second-order valence-corrected chi connectivity index (χ2v) is 5.89. The Bertz CT molecular complexity index is 308. The van der Waals surface area contributed by atoms with Crippen molar-refractivity contribution in [2.24, 2.45) is 10.9 Å². The molecule has 124 valence electrons. The van der Waals surface area contributed by atoms with Gasteiger partial charge in [0.15, 0.2) is 5.96 Å². The van der Waals surface area contributed by atoms with Crippen LogP contribution < -0.4 is 10.6 Å². The van der Waals surface area contributed by atoms with Crippen LogP contribution in [0.5, 0.6) is 0 Å². The molecule has 1 aliphatic heterocycles. The maximum Gasteiger partial charge on any atom is 0.191 e. The molecule has 0 radical (unpaired) electrons. The fourth-order valence-electron chi connectivity index (χ4n) is 2.48. The summed E-state index contributed by atoms with van der Waals surface area (Å²) in [5.74, 6) is 1.80. The molecule has 2 unspecified atom stereocenters. The molecule has 0 aromatic rings. The van der Waals surface area contributed by atoms with E-state index in [1.165, 1.54) is 19.4 Å². The largest absolute Gasteiger partial charge is 0.379 e. The van der Waals surface area contributed by atoms with Gasteiger partial charge in [-0.1, -0.05) is 6.92 Å². The Morgan fingerprint density at radius 2 is 2.00 bits per heavy atom. The summed E-state index contributed by atoms with van der Waals surface area (Å²) < 4.78 is 5.36. The van der Waals surface area contributed by atoms with E-state index in [9.17, 15) is 0 Å². The summed E-state index contributed by atoms with van der Waals surface area (Å²) in [5.41, 5.74) is 0. The normalized spacial score (nSPS) is 26.1. The quantitative estimate of drug-likeness (QED) is 0.290. The fourth-order valence-corrected chi connectivity index (χ4v) is 2.48. The van der Waals surface area contributed by atoms with Gasteiger partial charge in [-0.25, -0.2) is 0 Å². The number of morpholine rings is 1. The van der Waals surface area contributed by atoms with Crippen molar-refractivity contribution in [3.8, 4) is 0 Å². The average molecular weight is 410 g/mol. The number of ether oxygens (including phenoxy) is 1. The minimum atomic E-state index is 0. The van der Waals surface area contributed by atoms with E-state index in [1.807, 2.05) is 0 Å². The lowest BCUT2D eigenvalue weighted by Crippen LogP contribution is -2.39. The summed E-state index contributed by atoms with van der Waals surface area (Å²) in [5, 5.41) is 6.82. The van der Waals surface area contributed by atoms with Crippen molar-refractivity contribution >= 4 is 29.9 Å². The van der Waals surface area contributed by atoms with Crippen molar-refractivity contribution in [2.45, 2.75) is 39.2 Å². The van der Waals surface area contributed by atoms with E-state index in [1.54, 1.807) is 0 Å². The average Bonchev–Trinajstić information content (AvgIpc) is 3.15. The third-order valence-corrected chi connectivity index (χ3v) is 4.03. The van der Waals surface area contributed by atoms with Crippen LogP contribution in [-0.4, -0.2) is 62.8 Å². The van der Waals surface area contributed by atoms with Crippen molar-refractivity contribution in [3.05, 3.63) is 0 Å². The molecule has 5 nitrogen and oxygen atoms in total. The van der Waals surface area contributed by atoms with Gasteiger partial charge in [0.25, 0.3) is 0 Å². The van der Waals surface area contributed by atoms with Crippen molar-refractivity contribution in [1.82, 2.24) is 15.5 Å². The third kappa shape index (κ3) is 7.65. The minimum absolute atomic E-state index is 0. The van der Waals surface area contributed by atoms with Crippen LogP contribution in [0, 0.1) is 5.92 Å². The molecular weight excluding hydrogens is 379 g/mol. The summed E-state index contributed by atoms with van der Waals surface area (Å²) in [7, 11) is 0.